The highest BCUT2D eigenvalue weighted by Gasteiger charge is 2.15. The molecule has 0 heterocycles. The van der Waals surface area contributed by atoms with Gasteiger partial charge in [-0.3, -0.25) is 4.79 Å². The first-order chi connectivity index (χ1) is 8.13. The largest absolute Gasteiger partial charge is 0.490 e. The van der Waals surface area contributed by atoms with E-state index < -0.39 is 0 Å². The van der Waals surface area contributed by atoms with E-state index in [-0.39, 0.29) is 5.91 Å². The van der Waals surface area contributed by atoms with Crippen LogP contribution >= 0.6 is 11.6 Å². The standard InChI is InChI=1S/C12H16ClNO3/c1-4-16-10-7-8(12(15)14-3)6-9(13)11(10)17-5-2/h6-7H,4-5H2,1-3H3,(H,14,15). The van der Waals surface area contributed by atoms with Gasteiger partial charge in [0.15, 0.2) is 11.5 Å². The molecule has 0 bridgehead atoms. The van der Waals surface area contributed by atoms with E-state index in [2.05, 4.69) is 5.32 Å². The summed E-state index contributed by atoms with van der Waals surface area (Å²) < 4.78 is 10.8. The lowest BCUT2D eigenvalue weighted by Crippen LogP contribution is -2.18. The predicted octanol–water partition coefficient (Wildman–Crippen LogP) is 2.50. The van der Waals surface area contributed by atoms with Crippen LogP contribution in [-0.2, 0) is 0 Å². The van der Waals surface area contributed by atoms with Crippen LogP contribution in [0, 0.1) is 0 Å². The second-order valence-corrected chi connectivity index (χ2v) is 3.64. The van der Waals surface area contributed by atoms with Crippen molar-refractivity contribution >= 4 is 17.5 Å². The monoisotopic (exact) mass is 257 g/mol. The fraction of sp³-hybridized carbons (Fsp3) is 0.417. The second kappa shape index (κ2) is 6.35. The fourth-order valence-corrected chi connectivity index (χ4v) is 1.66. The minimum absolute atomic E-state index is 0.212. The zero-order valence-corrected chi connectivity index (χ0v) is 10.9. The van der Waals surface area contributed by atoms with Gasteiger partial charge in [-0.1, -0.05) is 11.6 Å². The average molecular weight is 258 g/mol. The average Bonchev–Trinajstić information content (AvgIpc) is 2.32. The summed E-state index contributed by atoms with van der Waals surface area (Å²) in [5.74, 6) is 0.750. The molecule has 0 aliphatic rings. The number of nitrogens with one attached hydrogen (secondary N) is 1. The lowest BCUT2D eigenvalue weighted by atomic mass is 10.2. The molecule has 0 saturated heterocycles. The van der Waals surface area contributed by atoms with E-state index in [0.717, 1.165) is 0 Å². The number of carbonyl (C=O) groups is 1. The molecule has 1 N–H and O–H groups in total. The Kier molecular flexibility index (Phi) is 5.10. The fourth-order valence-electron chi connectivity index (χ4n) is 1.39. The van der Waals surface area contributed by atoms with Crippen LogP contribution in [0.4, 0.5) is 0 Å². The molecule has 0 aliphatic heterocycles. The van der Waals surface area contributed by atoms with Crippen molar-refractivity contribution in [1.82, 2.24) is 5.32 Å². The highest BCUT2D eigenvalue weighted by molar-refractivity contribution is 6.32. The smallest absolute Gasteiger partial charge is 0.251 e. The van der Waals surface area contributed by atoms with E-state index in [1.165, 1.54) is 0 Å². The number of ether oxygens (including phenoxy) is 2. The van der Waals surface area contributed by atoms with E-state index in [4.69, 9.17) is 21.1 Å². The van der Waals surface area contributed by atoms with E-state index >= 15 is 0 Å². The zero-order valence-electron chi connectivity index (χ0n) is 10.2. The first-order valence-corrected chi connectivity index (χ1v) is 5.83. The molecule has 0 unspecified atom stereocenters. The van der Waals surface area contributed by atoms with Crippen molar-refractivity contribution in [3.8, 4) is 11.5 Å². The van der Waals surface area contributed by atoms with Crippen LogP contribution in [0.1, 0.15) is 24.2 Å². The lowest BCUT2D eigenvalue weighted by Gasteiger charge is -2.13. The Labute approximate surface area is 106 Å². The quantitative estimate of drug-likeness (QED) is 0.882. The van der Waals surface area contributed by atoms with Crippen molar-refractivity contribution in [2.24, 2.45) is 0 Å². The maximum Gasteiger partial charge on any atom is 0.251 e. The van der Waals surface area contributed by atoms with Gasteiger partial charge in [0.1, 0.15) is 0 Å². The molecule has 0 fully saturated rings. The predicted molar refractivity (Wildman–Crippen MR) is 67.2 cm³/mol. The molecule has 1 aromatic rings. The summed E-state index contributed by atoms with van der Waals surface area (Å²) in [6.45, 7) is 4.68. The molecule has 0 aliphatic carbocycles. The number of amides is 1. The Hall–Kier alpha value is -1.42. The van der Waals surface area contributed by atoms with Crippen LogP contribution in [0.15, 0.2) is 12.1 Å². The Balaban J connectivity index is 3.19. The molecule has 0 atom stereocenters. The van der Waals surface area contributed by atoms with Crippen molar-refractivity contribution < 1.29 is 14.3 Å². The molecule has 0 spiro atoms. The summed E-state index contributed by atoms with van der Waals surface area (Å²) in [7, 11) is 1.56. The van der Waals surface area contributed by atoms with Crippen LogP contribution in [0.2, 0.25) is 5.02 Å². The second-order valence-electron chi connectivity index (χ2n) is 3.23. The highest BCUT2D eigenvalue weighted by atomic mass is 35.5. The van der Waals surface area contributed by atoms with Gasteiger partial charge in [-0.05, 0) is 26.0 Å². The maximum atomic E-state index is 11.5. The summed E-state index contributed by atoms with van der Waals surface area (Å²) in [5, 5.41) is 2.91. The molecule has 17 heavy (non-hydrogen) atoms. The maximum absolute atomic E-state index is 11.5. The first-order valence-electron chi connectivity index (χ1n) is 5.45. The van der Waals surface area contributed by atoms with Gasteiger partial charge < -0.3 is 14.8 Å². The molecular weight excluding hydrogens is 242 g/mol. The van der Waals surface area contributed by atoms with Crippen LogP contribution in [0.3, 0.4) is 0 Å². The number of benzene rings is 1. The third kappa shape index (κ3) is 3.27. The molecule has 0 saturated carbocycles. The Bertz CT molecular complexity index is 407. The topological polar surface area (TPSA) is 47.6 Å². The molecule has 4 nitrogen and oxygen atoms in total. The number of hydrogen-bond donors (Lipinski definition) is 1. The molecule has 1 rings (SSSR count). The third-order valence-corrected chi connectivity index (χ3v) is 2.37. The van der Waals surface area contributed by atoms with E-state index in [1.54, 1.807) is 19.2 Å². The molecule has 0 aromatic heterocycles. The number of halogens is 1. The third-order valence-electron chi connectivity index (χ3n) is 2.09. The lowest BCUT2D eigenvalue weighted by molar-refractivity contribution is 0.0962. The molecule has 1 aromatic carbocycles. The van der Waals surface area contributed by atoms with Crippen molar-refractivity contribution in [2.75, 3.05) is 20.3 Å². The Morgan fingerprint density at radius 2 is 1.94 bits per heavy atom. The number of hydrogen-bond acceptors (Lipinski definition) is 3. The molecular formula is C12H16ClNO3. The van der Waals surface area contributed by atoms with Gasteiger partial charge in [-0.15, -0.1) is 0 Å². The molecule has 5 heteroatoms. The molecule has 94 valence electrons. The van der Waals surface area contributed by atoms with Crippen molar-refractivity contribution in [3.05, 3.63) is 22.7 Å². The van der Waals surface area contributed by atoms with Crippen LogP contribution < -0.4 is 14.8 Å². The molecule has 0 radical (unpaired) electrons. The van der Waals surface area contributed by atoms with Gasteiger partial charge in [-0.25, -0.2) is 0 Å². The Morgan fingerprint density at radius 1 is 1.29 bits per heavy atom. The summed E-state index contributed by atoms with van der Waals surface area (Å²) in [6, 6.07) is 3.19. The SMILES string of the molecule is CCOc1cc(C(=O)NC)cc(Cl)c1OCC. The normalized spacial score (nSPS) is 9.88. The van der Waals surface area contributed by atoms with Crippen molar-refractivity contribution in [3.63, 3.8) is 0 Å². The van der Waals surface area contributed by atoms with Gasteiger partial charge in [0.25, 0.3) is 5.91 Å². The van der Waals surface area contributed by atoms with E-state index in [0.29, 0.717) is 35.3 Å². The zero-order chi connectivity index (χ0) is 12.8. The minimum atomic E-state index is -0.212. The van der Waals surface area contributed by atoms with E-state index in [1.807, 2.05) is 13.8 Å². The summed E-state index contributed by atoms with van der Waals surface area (Å²) in [6.07, 6.45) is 0. The summed E-state index contributed by atoms with van der Waals surface area (Å²) >= 11 is 6.07. The highest BCUT2D eigenvalue weighted by Crippen LogP contribution is 2.36. The van der Waals surface area contributed by atoms with Gasteiger partial charge in [0.05, 0.1) is 18.2 Å². The molecule has 1 amide bonds. The van der Waals surface area contributed by atoms with Crippen LogP contribution in [-0.4, -0.2) is 26.2 Å². The number of rotatable bonds is 5. The van der Waals surface area contributed by atoms with Crippen LogP contribution in [0.5, 0.6) is 11.5 Å². The number of carbonyl (C=O) groups excluding carboxylic acids is 1. The van der Waals surface area contributed by atoms with Gasteiger partial charge in [-0.2, -0.15) is 0 Å². The first kappa shape index (κ1) is 13.6. The van der Waals surface area contributed by atoms with Crippen molar-refractivity contribution in [1.29, 1.82) is 0 Å². The summed E-state index contributed by atoms with van der Waals surface area (Å²) in [4.78, 5) is 11.5. The van der Waals surface area contributed by atoms with Gasteiger partial charge >= 0.3 is 0 Å². The van der Waals surface area contributed by atoms with Gasteiger partial charge in [0.2, 0.25) is 0 Å². The van der Waals surface area contributed by atoms with Crippen LogP contribution in [0.25, 0.3) is 0 Å². The van der Waals surface area contributed by atoms with Crippen molar-refractivity contribution in [2.45, 2.75) is 13.8 Å². The van der Waals surface area contributed by atoms with Gasteiger partial charge in [0, 0.05) is 12.6 Å². The minimum Gasteiger partial charge on any atom is -0.490 e. The summed E-state index contributed by atoms with van der Waals surface area (Å²) in [5.41, 5.74) is 0.449. The van der Waals surface area contributed by atoms with E-state index in [9.17, 15) is 4.79 Å². The Morgan fingerprint density at radius 3 is 2.47 bits per heavy atom.